The molecule has 2 aliphatic rings. The third-order valence-corrected chi connectivity index (χ3v) is 10.1. The van der Waals surface area contributed by atoms with Crippen LogP contribution >= 0.6 is 23.1 Å². The van der Waals surface area contributed by atoms with Gasteiger partial charge in [-0.3, -0.25) is 19.2 Å². The van der Waals surface area contributed by atoms with E-state index in [1.807, 2.05) is 0 Å². The van der Waals surface area contributed by atoms with Gasteiger partial charge >= 0.3 is 17.2 Å². The molecule has 0 aliphatic carbocycles. The van der Waals surface area contributed by atoms with E-state index in [0.717, 1.165) is 58.3 Å². The largest absolute Gasteiger partial charge is 0.493 e. The average molecular weight is 710 g/mol. The molecular formula is C31H21F6N3O6S2. The van der Waals surface area contributed by atoms with Gasteiger partial charge in [0.1, 0.15) is 5.25 Å². The molecule has 17 heteroatoms. The normalized spacial score (nSPS) is 19.1. The van der Waals surface area contributed by atoms with E-state index in [2.05, 4.69) is 10.3 Å². The molecule has 9 nitrogen and oxygen atoms in total. The van der Waals surface area contributed by atoms with E-state index in [9.17, 15) is 45.5 Å². The van der Waals surface area contributed by atoms with Gasteiger partial charge in [0.15, 0.2) is 18.1 Å². The first-order valence-corrected chi connectivity index (χ1v) is 15.6. The Hall–Kier alpha value is -4.77. The topological polar surface area (TPSA) is 118 Å². The Morgan fingerprint density at radius 1 is 0.917 bits per heavy atom. The lowest BCUT2D eigenvalue weighted by molar-refractivity contribution is -0.138. The molecule has 1 fully saturated rings. The number of methoxy groups -OCH3 is 1. The number of fused-ring (bicyclic) bond motifs is 2. The molecule has 3 heterocycles. The Balaban J connectivity index is 1.29. The maximum absolute atomic E-state index is 13.9. The van der Waals surface area contributed by atoms with Crippen LogP contribution in [0.5, 0.6) is 11.5 Å². The van der Waals surface area contributed by atoms with Crippen molar-refractivity contribution in [1.82, 2.24) is 4.98 Å². The van der Waals surface area contributed by atoms with Crippen LogP contribution in [0.15, 0.2) is 76.6 Å². The Morgan fingerprint density at radius 3 is 2.38 bits per heavy atom. The van der Waals surface area contributed by atoms with Gasteiger partial charge in [0.2, 0.25) is 11.8 Å². The number of benzene rings is 3. The quantitative estimate of drug-likeness (QED) is 0.171. The molecule has 0 bridgehead atoms. The maximum atomic E-state index is 13.9. The van der Waals surface area contributed by atoms with Crippen LogP contribution in [0.25, 0.3) is 0 Å². The summed E-state index contributed by atoms with van der Waals surface area (Å²) in [5, 5.41) is 1.42. The van der Waals surface area contributed by atoms with Crippen LogP contribution in [0.2, 0.25) is 0 Å². The number of para-hydroxylation sites is 1. The highest BCUT2D eigenvalue weighted by Crippen LogP contribution is 2.54. The van der Waals surface area contributed by atoms with Crippen molar-refractivity contribution in [2.45, 2.75) is 28.5 Å². The molecule has 0 spiro atoms. The summed E-state index contributed by atoms with van der Waals surface area (Å²) in [6.07, 6.45) is -9.42. The summed E-state index contributed by atoms with van der Waals surface area (Å²) in [5.41, 5.74) is -2.39. The zero-order valence-corrected chi connectivity index (χ0v) is 25.9. The van der Waals surface area contributed by atoms with Gasteiger partial charge in [-0.1, -0.05) is 47.4 Å². The highest BCUT2D eigenvalue weighted by atomic mass is 32.2. The number of thiazole rings is 1. The fourth-order valence-corrected chi connectivity index (χ4v) is 8.13. The number of anilines is 2. The molecule has 3 unspecified atom stereocenters. The molecule has 250 valence electrons. The van der Waals surface area contributed by atoms with Crippen molar-refractivity contribution in [1.29, 1.82) is 0 Å². The molecule has 3 amide bonds. The van der Waals surface area contributed by atoms with Crippen LogP contribution in [0, 0.1) is 5.92 Å². The highest BCUT2D eigenvalue weighted by molar-refractivity contribution is 8.00. The number of ether oxygens (including phenoxy) is 2. The number of hydrogen-bond acceptors (Lipinski definition) is 8. The van der Waals surface area contributed by atoms with E-state index in [4.69, 9.17) is 9.47 Å². The lowest BCUT2D eigenvalue weighted by Crippen LogP contribution is -2.32. The molecule has 0 saturated carbocycles. The number of nitrogens with zero attached hydrogens (tertiary/aromatic N) is 1. The molecule has 0 radical (unpaired) electrons. The number of aromatic amines is 1. The summed E-state index contributed by atoms with van der Waals surface area (Å²) in [6.45, 7) is -0.699. The van der Waals surface area contributed by atoms with Gasteiger partial charge in [0.25, 0.3) is 5.91 Å². The molecule has 1 aromatic heterocycles. The van der Waals surface area contributed by atoms with Gasteiger partial charge in [-0.2, -0.15) is 26.3 Å². The number of amides is 3. The van der Waals surface area contributed by atoms with Crippen LogP contribution in [0.1, 0.15) is 27.5 Å². The number of alkyl halides is 6. The van der Waals surface area contributed by atoms with Crippen molar-refractivity contribution in [2.75, 3.05) is 23.9 Å². The van der Waals surface area contributed by atoms with Gasteiger partial charge in [0, 0.05) is 10.8 Å². The first kappa shape index (κ1) is 33.1. The minimum absolute atomic E-state index is 0.0177. The molecule has 3 atom stereocenters. The second-order valence-corrected chi connectivity index (χ2v) is 12.8. The minimum Gasteiger partial charge on any atom is -0.493 e. The van der Waals surface area contributed by atoms with Crippen LogP contribution in [0.3, 0.4) is 0 Å². The summed E-state index contributed by atoms with van der Waals surface area (Å²) in [7, 11) is 1.28. The molecule has 2 N–H and O–H groups in total. The third kappa shape index (κ3) is 6.14. The van der Waals surface area contributed by atoms with Crippen molar-refractivity contribution < 1.29 is 50.2 Å². The minimum atomic E-state index is -4.72. The van der Waals surface area contributed by atoms with E-state index in [0.29, 0.717) is 15.5 Å². The Kier molecular flexibility index (Phi) is 8.53. The zero-order valence-electron chi connectivity index (χ0n) is 24.3. The van der Waals surface area contributed by atoms with Crippen LogP contribution in [-0.4, -0.2) is 41.7 Å². The number of carbonyl (C=O) groups excluding carboxylic acids is 3. The second-order valence-electron chi connectivity index (χ2n) is 10.6. The fourth-order valence-electron chi connectivity index (χ4n) is 5.62. The lowest BCUT2D eigenvalue weighted by Gasteiger charge is -2.30. The number of nitrogens with one attached hydrogen (secondary N) is 2. The number of rotatable bonds is 7. The van der Waals surface area contributed by atoms with E-state index in [-0.39, 0.29) is 17.2 Å². The number of halogens is 6. The van der Waals surface area contributed by atoms with Crippen molar-refractivity contribution in [2.24, 2.45) is 5.92 Å². The lowest BCUT2D eigenvalue weighted by atomic mass is 9.83. The van der Waals surface area contributed by atoms with Crippen molar-refractivity contribution in [3.8, 4) is 11.5 Å². The number of imide groups is 1. The van der Waals surface area contributed by atoms with Gasteiger partial charge in [0.05, 0.1) is 40.6 Å². The number of carbonyl (C=O) groups is 3. The van der Waals surface area contributed by atoms with Crippen LogP contribution in [-0.2, 0) is 26.7 Å². The van der Waals surface area contributed by atoms with Crippen molar-refractivity contribution in [3.63, 3.8) is 0 Å². The third-order valence-electron chi connectivity index (χ3n) is 7.67. The second kappa shape index (κ2) is 12.4. The maximum Gasteiger partial charge on any atom is 0.418 e. The SMILES string of the molecule is COc1cc(C2c3sc(=O)[nH]c3SC3C(=O)N(c4cccc(C(F)(F)F)c4)C(=O)C32)ccc1OCC(=O)Nc1ccccc1C(F)(F)F. The predicted molar refractivity (Wildman–Crippen MR) is 162 cm³/mol. The van der Waals surface area contributed by atoms with E-state index >= 15 is 0 Å². The van der Waals surface area contributed by atoms with Crippen LogP contribution in [0.4, 0.5) is 37.7 Å². The number of H-pyrrole nitrogens is 1. The van der Waals surface area contributed by atoms with Gasteiger partial charge in [-0.25, -0.2) is 4.90 Å². The molecular weight excluding hydrogens is 688 g/mol. The van der Waals surface area contributed by atoms with Gasteiger partial charge < -0.3 is 19.8 Å². The molecule has 4 aromatic rings. The molecule has 6 rings (SSSR count). The summed E-state index contributed by atoms with van der Waals surface area (Å²) < 4.78 is 91.3. The first-order chi connectivity index (χ1) is 22.7. The summed E-state index contributed by atoms with van der Waals surface area (Å²) in [6, 6.07) is 12.7. The van der Waals surface area contributed by atoms with Crippen molar-refractivity contribution >= 4 is 52.2 Å². The zero-order chi connectivity index (χ0) is 34.5. The predicted octanol–water partition coefficient (Wildman–Crippen LogP) is 6.30. The standard InChI is InChI=1S/C31H21F6N3O6S2/c1-45-20-11-14(9-10-19(20)46-13-21(41)38-18-8-3-2-7-17(18)31(35,36)37)22-23-25(47-26-24(22)48-29(44)39-26)28(43)40(27(23)42)16-6-4-5-15(12-16)30(32,33)34/h2-12,22-23,25H,13H2,1H3,(H,38,41)(H,39,44). The number of aromatic nitrogens is 1. The Bertz CT molecular complexity index is 1990. The van der Waals surface area contributed by atoms with E-state index in [1.54, 1.807) is 0 Å². The smallest absolute Gasteiger partial charge is 0.418 e. The molecule has 2 aliphatic heterocycles. The fraction of sp³-hybridized carbons (Fsp3) is 0.226. The van der Waals surface area contributed by atoms with Gasteiger partial charge in [-0.15, -0.1) is 0 Å². The van der Waals surface area contributed by atoms with Crippen molar-refractivity contribution in [3.05, 3.63) is 98.0 Å². The van der Waals surface area contributed by atoms with E-state index in [1.165, 1.54) is 43.5 Å². The summed E-state index contributed by atoms with van der Waals surface area (Å²) >= 11 is 1.76. The first-order valence-electron chi connectivity index (χ1n) is 13.9. The van der Waals surface area contributed by atoms with Crippen LogP contribution < -0.4 is 24.6 Å². The van der Waals surface area contributed by atoms with Gasteiger partial charge in [-0.05, 0) is 48.0 Å². The highest BCUT2D eigenvalue weighted by Gasteiger charge is 2.56. The molecule has 48 heavy (non-hydrogen) atoms. The van der Waals surface area contributed by atoms with E-state index < -0.39 is 75.5 Å². The Labute approximate surface area is 274 Å². The summed E-state index contributed by atoms with van der Waals surface area (Å²) in [4.78, 5) is 55.8. The number of hydrogen-bond donors (Lipinski definition) is 2. The molecule has 1 saturated heterocycles. The Morgan fingerprint density at radius 2 is 1.67 bits per heavy atom. The monoisotopic (exact) mass is 709 g/mol. The number of thioether (sulfide) groups is 1. The molecule has 3 aromatic carbocycles. The summed E-state index contributed by atoms with van der Waals surface area (Å²) in [5.74, 6) is -4.35. The average Bonchev–Trinajstić information content (AvgIpc) is 3.53.